The molecule has 0 fully saturated rings. The molecule has 1 aliphatic rings. The summed E-state index contributed by atoms with van der Waals surface area (Å²) in [6, 6.07) is 11.1. The number of aromatic hydroxyl groups is 1. The number of anilines is 1. The Balaban J connectivity index is 1.58. The monoisotopic (exact) mass is 297 g/mol. The van der Waals surface area contributed by atoms with Crippen LogP contribution >= 0.6 is 0 Å². The third kappa shape index (κ3) is 3.22. The van der Waals surface area contributed by atoms with Crippen molar-refractivity contribution < 1.29 is 14.6 Å². The van der Waals surface area contributed by atoms with Crippen LogP contribution in [0.1, 0.15) is 23.1 Å². The Morgan fingerprint density at radius 3 is 2.82 bits per heavy atom. The van der Waals surface area contributed by atoms with Gasteiger partial charge in [0, 0.05) is 0 Å². The van der Waals surface area contributed by atoms with Gasteiger partial charge in [0.05, 0.1) is 5.69 Å². The van der Waals surface area contributed by atoms with Crippen molar-refractivity contribution in [2.45, 2.75) is 26.2 Å². The van der Waals surface area contributed by atoms with Crippen LogP contribution in [0.25, 0.3) is 0 Å². The first kappa shape index (κ1) is 14.4. The van der Waals surface area contributed by atoms with E-state index in [0.717, 1.165) is 18.4 Å². The molecule has 0 unspecified atom stereocenters. The molecule has 3 rings (SSSR count). The van der Waals surface area contributed by atoms with Crippen LogP contribution in [-0.4, -0.2) is 17.6 Å². The van der Waals surface area contributed by atoms with E-state index >= 15 is 0 Å². The second-order valence-electron chi connectivity index (χ2n) is 5.64. The van der Waals surface area contributed by atoms with Crippen LogP contribution < -0.4 is 10.1 Å². The molecule has 1 amide bonds. The normalized spacial score (nSPS) is 12.8. The molecule has 22 heavy (non-hydrogen) atoms. The van der Waals surface area contributed by atoms with Gasteiger partial charge in [-0.05, 0) is 67.1 Å². The van der Waals surface area contributed by atoms with Gasteiger partial charge in [0.2, 0.25) is 0 Å². The maximum atomic E-state index is 11.9. The Hall–Kier alpha value is -2.49. The zero-order chi connectivity index (χ0) is 15.5. The van der Waals surface area contributed by atoms with Crippen molar-refractivity contribution in [3.8, 4) is 11.5 Å². The number of carbonyl (C=O) groups excluding carboxylic acids is 1. The maximum absolute atomic E-state index is 11.9. The third-order valence-corrected chi connectivity index (χ3v) is 3.87. The van der Waals surface area contributed by atoms with Crippen LogP contribution in [0.4, 0.5) is 5.69 Å². The lowest BCUT2D eigenvalue weighted by Gasteiger charge is -2.10. The summed E-state index contributed by atoms with van der Waals surface area (Å²) >= 11 is 0. The smallest absolute Gasteiger partial charge is 0.262 e. The molecule has 0 heterocycles. The Bertz CT molecular complexity index is 709. The van der Waals surface area contributed by atoms with Crippen LogP contribution in [0.2, 0.25) is 0 Å². The highest BCUT2D eigenvalue weighted by molar-refractivity contribution is 5.93. The van der Waals surface area contributed by atoms with E-state index < -0.39 is 0 Å². The molecule has 2 aromatic carbocycles. The Kier molecular flexibility index (Phi) is 4.00. The van der Waals surface area contributed by atoms with Crippen LogP contribution in [-0.2, 0) is 17.6 Å². The number of hydrogen-bond donors (Lipinski definition) is 2. The van der Waals surface area contributed by atoms with Crippen molar-refractivity contribution in [3.05, 3.63) is 53.1 Å². The molecule has 2 N–H and O–H groups in total. The number of benzene rings is 2. The molecule has 0 saturated heterocycles. The molecule has 0 bridgehead atoms. The van der Waals surface area contributed by atoms with Crippen molar-refractivity contribution in [3.63, 3.8) is 0 Å². The number of carbonyl (C=O) groups is 1. The number of phenolic OH excluding ortho intramolecular Hbond substituents is 1. The van der Waals surface area contributed by atoms with Crippen molar-refractivity contribution in [1.82, 2.24) is 0 Å². The predicted octanol–water partition coefficient (Wildman–Crippen LogP) is 3.21. The van der Waals surface area contributed by atoms with Gasteiger partial charge in [0.1, 0.15) is 11.5 Å². The van der Waals surface area contributed by atoms with E-state index in [1.807, 2.05) is 25.1 Å². The lowest BCUT2D eigenvalue weighted by molar-refractivity contribution is -0.118. The largest absolute Gasteiger partial charge is 0.506 e. The van der Waals surface area contributed by atoms with Crippen LogP contribution in [0.15, 0.2) is 36.4 Å². The number of aryl methyl sites for hydroxylation is 3. The second kappa shape index (κ2) is 6.10. The number of nitrogens with one attached hydrogen (secondary N) is 1. The van der Waals surface area contributed by atoms with E-state index in [1.54, 1.807) is 12.1 Å². The molecule has 0 radical (unpaired) electrons. The molecular weight excluding hydrogens is 278 g/mol. The van der Waals surface area contributed by atoms with Crippen molar-refractivity contribution >= 4 is 11.6 Å². The molecule has 4 nitrogen and oxygen atoms in total. The van der Waals surface area contributed by atoms with Gasteiger partial charge in [0.25, 0.3) is 5.91 Å². The van der Waals surface area contributed by atoms with Gasteiger partial charge >= 0.3 is 0 Å². The minimum Gasteiger partial charge on any atom is -0.506 e. The minimum atomic E-state index is -0.292. The molecule has 4 heteroatoms. The summed E-state index contributed by atoms with van der Waals surface area (Å²) in [6.45, 7) is 1.80. The standard InChI is InChI=1S/C18H19NO3/c1-12-5-8-16(17(20)9-12)19-18(21)11-22-15-7-6-13-3-2-4-14(13)10-15/h5-10,20H,2-4,11H2,1H3,(H,19,21). The number of rotatable bonds is 4. The Morgan fingerprint density at radius 2 is 2.00 bits per heavy atom. The topological polar surface area (TPSA) is 58.6 Å². The maximum Gasteiger partial charge on any atom is 0.262 e. The van der Waals surface area contributed by atoms with Gasteiger partial charge in [-0.3, -0.25) is 4.79 Å². The summed E-state index contributed by atoms with van der Waals surface area (Å²) in [7, 11) is 0. The number of ether oxygens (including phenoxy) is 1. The molecule has 0 aromatic heterocycles. The van der Waals surface area contributed by atoms with Gasteiger partial charge in [-0.2, -0.15) is 0 Å². The molecule has 0 aliphatic heterocycles. The first-order chi connectivity index (χ1) is 10.6. The number of hydrogen-bond acceptors (Lipinski definition) is 3. The third-order valence-electron chi connectivity index (χ3n) is 3.87. The first-order valence-electron chi connectivity index (χ1n) is 7.46. The fourth-order valence-electron chi connectivity index (χ4n) is 2.72. The highest BCUT2D eigenvalue weighted by Crippen LogP contribution is 2.26. The number of fused-ring (bicyclic) bond motifs is 1. The molecule has 2 aromatic rings. The fraction of sp³-hybridized carbons (Fsp3) is 0.278. The summed E-state index contributed by atoms with van der Waals surface area (Å²) < 4.78 is 5.54. The summed E-state index contributed by atoms with van der Waals surface area (Å²) in [6.07, 6.45) is 3.39. The quantitative estimate of drug-likeness (QED) is 0.852. The van der Waals surface area contributed by atoms with Crippen LogP contribution in [0.5, 0.6) is 11.5 Å². The summed E-state index contributed by atoms with van der Waals surface area (Å²) in [4.78, 5) is 11.9. The lowest BCUT2D eigenvalue weighted by atomic mass is 10.1. The molecule has 1 aliphatic carbocycles. The molecule has 0 saturated carbocycles. The van der Waals surface area contributed by atoms with E-state index in [0.29, 0.717) is 11.4 Å². The van der Waals surface area contributed by atoms with Gasteiger partial charge in [-0.25, -0.2) is 0 Å². The van der Waals surface area contributed by atoms with E-state index in [-0.39, 0.29) is 18.3 Å². The number of phenols is 1. The van der Waals surface area contributed by atoms with Crippen LogP contribution in [0, 0.1) is 6.92 Å². The summed E-state index contributed by atoms with van der Waals surface area (Å²) in [5, 5.41) is 12.4. The molecular formula is C18H19NO3. The van der Waals surface area contributed by atoms with Gasteiger partial charge in [-0.15, -0.1) is 0 Å². The van der Waals surface area contributed by atoms with E-state index in [2.05, 4.69) is 11.4 Å². The molecule has 114 valence electrons. The highest BCUT2D eigenvalue weighted by atomic mass is 16.5. The Morgan fingerprint density at radius 1 is 1.18 bits per heavy atom. The highest BCUT2D eigenvalue weighted by Gasteiger charge is 2.12. The second-order valence-corrected chi connectivity index (χ2v) is 5.64. The van der Waals surface area contributed by atoms with E-state index in [1.165, 1.54) is 17.5 Å². The van der Waals surface area contributed by atoms with E-state index in [4.69, 9.17) is 4.74 Å². The minimum absolute atomic E-state index is 0.0610. The van der Waals surface area contributed by atoms with Crippen molar-refractivity contribution in [1.29, 1.82) is 0 Å². The van der Waals surface area contributed by atoms with Crippen molar-refractivity contribution in [2.75, 3.05) is 11.9 Å². The van der Waals surface area contributed by atoms with Crippen LogP contribution in [0.3, 0.4) is 0 Å². The predicted molar refractivity (Wildman–Crippen MR) is 85.4 cm³/mol. The van der Waals surface area contributed by atoms with Gasteiger partial charge < -0.3 is 15.2 Å². The first-order valence-corrected chi connectivity index (χ1v) is 7.46. The molecule has 0 atom stereocenters. The van der Waals surface area contributed by atoms with E-state index in [9.17, 15) is 9.90 Å². The van der Waals surface area contributed by atoms with Crippen molar-refractivity contribution in [2.24, 2.45) is 0 Å². The Labute approximate surface area is 129 Å². The summed E-state index contributed by atoms with van der Waals surface area (Å²) in [5.41, 5.74) is 4.02. The SMILES string of the molecule is Cc1ccc(NC(=O)COc2ccc3c(c2)CCC3)c(O)c1. The molecule has 0 spiro atoms. The lowest BCUT2D eigenvalue weighted by Crippen LogP contribution is -2.20. The fourth-order valence-corrected chi connectivity index (χ4v) is 2.72. The summed E-state index contributed by atoms with van der Waals surface area (Å²) in [5.74, 6) is 0.481. The van der Waals surface area contributed by atoms with Gasteiger partial charge in [0.15, 0.2) is 6.61 Å². The average molecular weight is 297 g/mol. The average Bonchev–Trinajstić information content (AvgIpc) is 2.95. The van der Waals surface area contributed by atoms with Gasteiger partial charge in [-0.1, -0.05) is 12.1 Å². The zero-order valence-corrected chi connectivity index (χ0v) is 12.6. The number of amides is 1. The zero-order valence-electron chi connectivity index (χ0n) is 12.6.